The first kappa shape index (κ1) is 17.8. The van der Waals surface area contributed by atoms with E-state index in [0.29, 0.717) is 20.9 Å². The van der Waals surface area contributed by atoms with Crippen LogP contribution >= 0.6 is 39.3 Å². The van der Waals surface area contributed by atoms with Gasteiger partial charge in [0.25, 0.3) is 5.91 Å². The highest BCUT2D eigenvalue weighted by molar-refractivity contribution is 9.10. The van der Waals surface area contributed by atoms with E-state index in [2.05, 4.69) is 36.2 Å². The van der Waals surface area contributed by atoms with Crippen molar-refractivity contribution in [1.82, 2.24) is 15.0 Å². The number of carbonyl (C=O) groups excluding carboxylic acids is 1. The molecule has 0 fully saturated rings. The molecule has 3 rings (SSSR count). The summed E-state index contributed by atoms with van der Waals surface area (Å²) in [5.41, 5.74) is 1.94. The van der Waals surface area contributed by atoms with Crippen LogP contribution in [0.1, 0.15) is 15.9 Å². The van der Waals surface area contributed by atoms with Crippen molar-refractivity contribution in [3.8, 4) is 0 Å². The van der Waals surface area contributed by atoms with Crippen molar-refractivity contribution in [3.63, 3.8) is 0 Å². The lowest BCUT2D eigenvalue weighted by Crippen LogP contribution is -2.14. The lowest BCUT2D eigenvalue weighted by molar-refractivity contribution is 0.102. The number of halogens is 2. The second kappa shape index (κ2) is 7.95. The van der Waals surface area contributed by atoms with Crippen molar-refractivity contribution in [2.45, 2.75) is 17.0 Å². The van der Waals surface area contributed by atoms with Gasteiger partial charge in [0.05, 0.1) is 5.56 Å². The number of nitrogens with one attached hydrogen (secondary N) is 1. The molecule has 1 N–H and O–H groups in total. The van der Waals surface area contributed by atoms with E-state index >= 15 is 0 Å². The third kappa shape index (κ3) is 4.56. The zero-order chi connectivity index (χ0) is 17.8. The largest absolute Gasteiger partial charge is 0.322 e. The number of rotatable bonds is 4. The quantitative estimate of drug-likeness (QED) is 0.461. The summed E-state index contributed by atoms with van der Waals surface area (Å²) in [7, 11) is 0. The summed E-state index contributed by atoms with van der Waals surface area (Å²) in [6, 6.07) is 9.13. The first-order chi connectivity index (χ1) is 12.0. The molecule has 5 nitrogen and oxygen atoms in total. The van der Waals surface area contributed by atoms with Gasteiger partial charge in [-0.05, 0) is 70.5 Å². The summed E-state index contributed by atoms with van der Waals surface area (Å²) in [5.74, 6) is -0.311. The molecule has 0 bridgehead atoms. The van der Waals surface area contributed by atoms with E-state index < -0.39 is 0 Å². The summed E-state index contributed by atoms with van der Waals surface area (Å²) >= 11 is 10.8. The van der Waals surface area contributed by atoms with E-state index in [9.17, 15) is 4.79 Å². The third-order valence-corrected chi connectivity index (χ3v) is 4.87. The van der Waals surface area contributed by atoms with Crippen LogP contribution in [-0.4, -0.2) is 20.9 Å². The summed E-state index contributed by atoms with van der Waals surface area (Å²) in [6.45, 7) is 1.92. The monoisotopic (exact) mass is 434 g/mol. The Balaban J connectivity index is 1.77. The molecule has 0 aliphatic heterocycles. The Morgan fingerprint density at radius 2 is 1.96 bits per heavy atom. The SMILES string of the molecule is Cc1cc(Sc2ncccn2)ccc1NC(=O)c1cc(Br)cnc1Cl. The minimum absolute atomic E-state index is 0.159. The van der Waals surface area contributed by atoms with Crippen LogP contribution in [0.15, 0.2) is 63.4 Å². The minimum Gasteiger partial charge on any atom is -0.322 e. The fourth-order valence-corrected chi connectivity index (χ4v) is 3.39. The predicted octanol–water partition coefficient (Wildman–Crippen LogP) is 5.00. The Hall–Kier alpha value is -1.96. The molecule has 8 heteroatoms. The molecule has 1 amide bonds. The highest BCUT2D eigenvalue weighted by Gasteiger charge is 2.14. The molecule has 0 atom stereocenters. The maximum atomic E-state index is 12.4. The van der Waals surface area contributed by atoms with Crippen LogP contribution in [0.25, 0.3) is 0 Å². The number of amides is 1. The Kier molecular flexibility index (Phi) is 5.67. The number of carbonyl (C=O) groups is 1. The Morgan fingerprint density at radius 1 is 1.20 bits per heavy atom. The van der Waals surface area contributed by atoms with Crippen LogP contribution in [0.5, 0.6) is 0 Å². The summed E-state index contributed by atoms with van der Waals surface area (Å²) in [6.07, 6.45) is 4.95. The minimum atomic E-state index is -0.311. The maximum absolute atomic E-state index is 12.4. The molecule has 0 saturated heterocycles. The van der Waals surface area contributed by atoms with Gasteiger partial charge in [-0.25, -0.2) is 15.0 Å². The normalized spacial score (nSPS) is 10.5. The number of pyridine rings is 1. The fraction of sp³-hybridized carbons (Fsp3) is 0.0588. The standard InChI is InChI=1S/C17H12BrClN4OS/c1-10-7-12(25-17-20-5-2-6-21-17)3-4-14(10)23-16(24)13-8-11(18)9-22-15(13)19/h2-9H,1H3,(H,23,24). The van der Waals surface area contributed by atoms with Crippen molar-refractivity contribution in [2.24, 2.45) is 0 Å². The molecular weight excluding hydrogens is 424 g/mol. The smallest absolute Gasteiger partial charge is 0.258 e. The van der Waals surface area contributed by atoms with Gasteiger partial charge in [0, 0.05) is 33.6 Å². The van der Waals surface area contributed by atoms with Gasteiger partial charge in [-0.15, -0.1) is 0 Å². The van der Waals surface area contributed by atoms with Gasteiger partial charge in [0.15, 0.2) is 5.16 Å². The lowest BCUT2D eigenvalue weighted by atomic mass is 10.2. The average Bonchev–Trinajstić information content (AvgIpc) is 2.60. The van der Waals surface area contributed by atoms with Gasteiger partial charge in [-0.2, -0.15) is 0 Å². The van der Waals surface area contributed by atoms with Crippen molar-refractivity contribution in [3.05, 3.63) is 69.7 Å². The topological polar surface area (TPSA) is 67.8 Å². The van der Waals surface area contributed by atoms with E-state index in [1.165, 1.54) is 11.8 Å². The van der Waals surface area contributed by atoms with E-state index in [0.717, 1.165) is 10.5 Å². The molecule has 0 unspecified atom stereocenters. The number of benzene rings is 1. The highest BCUT2D eigenvalue weighted by atomic mass is 79.9. The lowest BCUT2D eigenvalue weighted by Gasteiger charge is -2.10. The first-order valence-electron chi connectivity index (χ1n) is 7.21. The zero-order valence-electron chi connectivity index (χ0n) is 13.0. The van der Waals surface area contributed by atoms with Gasteiger partial charge < -0.3 is 5.32 Å². The van der Waals surface area contributed by atoms with Gasteiger partial charge in [-0.1, -0.05) is 11.6 Å². The fourth-order valence-electron chi connectivity index (χ4n) is 2.05. The van der Waals surface area contributed by atoms with E-state index in [-0.39, 0.29) is 11.1 Å². The predicted molar refractivity (Wildman–Crippen MR) is 102 cm³/mol. The van der Waals surface area contributed by atoms with Crippen molar-refractivity contribution in [1.29, 1.82) is 0 Å². The van der Waals surface area contributed by atoms with Crippen LogP contribution in [0.2, 0.25) is 5.15 Å². The molecule has 0 radical (unpaired) electrons. The Morgan fingerprint density at radius 3 is 2.68 bits per heavy atom. The van der Waals surface area contributed by atoms with Crippen molar-refractivity contribution in [2.75, 3.05) is 5.32 Å². The molecule has 0 saturated carbocycles. The summed E-state index contributed by atoms with van der Waals surface area (Å²) in [5, 5.41) is 3.69. The first-order valence-corrected chi connectivity index (χ1v) is 9.19. The van der Waals surface area contributed by atoms with E-state index in [1.807, 2.05) is 25.1 Å². The molecule has 25 heavy (non-hydrogen) atoms. The van der Waals surface area contributed by atoms with Crippen LogP contribution < -0.4 is 5.32 Å². The second-order valence-corrected chi connectivity index (χ2v) is 7.37. The van der Waals surface area contributed by atoms with Crippen molar-refractivity contribution >= 4 is 50.9 Å². The number of nitrogens with zero attached hydrogens (tertiary/aromatic N) is 3. The number of aryl methyl sites for hydroxylation is 1. The van der Waals surface area contributed by atoms with Gasteiger partial charge >= 0.3 is 0 Å². The molecule has 0 spiro atoms. The molecule has 2 aromatic heterocycles. The van der Waals surface area contributed by atoms with Crippen LogP contribution in [0.3, 0.4) is 0 Å². The van der Waals surface area contributed by atoms with Crippen LogP contribution in [0, 0.1) is 6.92 Å². The molecule has 3 aromatic rings. The third-order valence-electron chi connectivity index (χ3n) is 3.25. The summed E-state index contributed by atoms with van der Waals surface area (Å²) < 4.78 is 0.688. The number of hydrogen-bond donors (Lipinski definition) is 1. The average molecular weight is 436 g/mol. The molecule has 126 valence electrons. The summed E-state index contributed by atoms with van der Waals surface area (Å²) in [4.78, 5) is 25.8. The molecule has 0 aliphatic rings. The van der Waals surface area contributed by atoms with Crippen molar-refractivity contribution < 1.29 is 4.79 Å². The number of hydrogen-bond acceptors (Lipinski definition) is 5. The maximum Gasteiger partial charge on any atom is 0.258 e. The molecular formula is C17H12BrClN4OS. The highest BCUT2D eigenvalue weighted by Crippen LogP contribution is 2.28. The molecule has 0 aliphatic carbocycles. The number of aromatic nitrogens is 3. The molecule has 1 aromatic carbocycles. The van der Waals surface area contributed by atoms with Crippen LogP contribution in [0.4, 0.5) is 5.69 Å². The van der Waals surface area contributed by atoms with Gasteiger partial charge in [0.1, 0.15) is 5.15 Å². The van der Waals surface area contributed by atoms with Gasteiger partial charge in [0.2, 0.25) is 0 Å². The Labute approximate surface area is 162 Å². The number of anilines is 1. The zero-order valence-corrected chi connectivity index (χ0v) is 16.2. The Bertz CT molecular complexity index is 924. The van der Waals surface area contributed by atoms with E-state index in [4.69, 9.17) is 11.6 Å². The second-order valence-electron chi connectivity index (χ2n) is 5.06. The van der Waals surface area contributed by atoms with Gasteiger partial charge in [-0.3, -0.25) is 4.79 Å². The molecule has 2 heterocycles. The van der Waals surface area contributed by atoms with Crippen LogP contribution in [-0.2, 0) is 0 Å². The van der Waals surface area contributed by atoms with E-state index in [1.54, 1.807) is 30.7 Å².